The van der Waals surface area contributed by atoms with Crippen LogP contribution < -0.4 is 5.32 Å². The summed E-state index contributed by atoms with van der Waals surface area (Å²) in [6, 6.07) is 3.84. The van der Waals surface area contributed by atoms with Crippen molar-refractivity contribution in [2.24, 2.45) is 0 Å². The Bertz CT molecular complexity index is 451. The largest absolute Gasteiger partial charge is 0.472 e. The molecule has 0 aliphatic rings. The standard InChI is InChI=1S/C12H15N3O/c1-3-5-13-12-14-9(2)7-11(15-12)10-4-6-16-8-10/h4,6-8H,3,5H2,1-2H3,(H,13,14,15). The number of aryl methyl sites for hydroxylation is 1. The van der Waals surface area contributed by atoms with Crippen LogP contribution in [0.4, 0.5) is 5.95 Å². The number of rotatable bonds is 4. The van der Waals surface area contributed by atoms with Crippen LogP contribution in [-0.4, -0.2) is 16.5 Å². The van der Waals surface area contributed by atoms with E-state index in [9.17, 15) is 0 Å². The Kier molecular flexibility index (Phi) is 3.19. The smallest absolute Gasteiger partial charge is 0.223 e. The highest BCUT2D eigenvalue weighted by atomic mass is 16.3. The van der Waals surface area contributed by atoms with Crippen molar-refractivity contribution in [1.29, 1.82) is 0 Å². The van der Waals surface area contributed by atoms with Crippen LogP contribution in [0.5, 0.6) is 0 Å². The number of aromatic nitrogens is 2. The van der Waals surface area contributed by atoms with E-state index in [1.807, 2.05) is 19.1 Å². The molecular weight excluding hydrogens is 202 g/mol. The quantitative estimate of drug-likeness (QED) is 0.855. The highest BCUT2D eigenvalue weighted by Gasteiger charge is 2.04. The zero-order valence-electron chi connectivity index (χ0n) is 9.53. The maximum atomic E-state index is 5.05. The summed E-state index contributed by atoms with van der Waals surface area (Å²) in [6.45, 7) is 4.95. The molecular formula is C12H15N3O. The average Bonchev–Trinajstić information content (AvgIpc) is 2.79. The van der Waals surface area contributed by atoms with Crippen molar-refractivity contribution < 1.29 is 4.42 Å². The maximum Gasteiger partial charge on any atom is 0.223 e. The molecule has 84 valence electrons. The zero-order chi connectivity index (χ0) is 11.4. The summed E-state index contributed by atoms with van der Waals surface area (Å²) in [7, 11) is 0. The molecule has 0 saturated carbocycles. The third kappa shape index (κ3) is 2.39. The minimum absolute atomic E-state index is 0.679. The van der Waals surface area contributed by atoms with Crippen LogP contribution in [-0.2, 0) is 0 Å². The molecule has 4 heteroatoms. The third-order valence-corrected chi connectivity index (χ3v) is 2.20. The molecule has 16 heavy (non-hydrogen) atoms. The van der Waals surface area contributed by atoms with Gasteiger partial charge in [-0.1, -0.05) is 6.92 Å². The first-order valence-electron chi connectivity index (χ1n) is 5.41. The van der Waals surface area contributed by atoms with Crippen molar-refractivity contribution in [1.82, 2.24) is 9.97 Å². The molecule has 1 N–H and O–H groups in total. The average molecular weight is 217 g/mol. The van der Waals surface area contributed by atoms with Crippen LogP contribution in [0, 0.1) is 6.92 Å². The molecule has 0 spiro atoms. The highest BCUT2D eigenvalue weighted by molar-refractivity contribution is 5.59. The maximum absolute atomic E-state index is 5.05. The summed E-state index contributed by atoms with van der Waals surface area (Å²) in [5.74, 6) is 0.679. The first-order valence-corrected chi connectivity index (χ1v) is 5.41. The van der Waals surface area contributed by atoms with Gasteiger partial charge in [-0.3, -0.25) is 0 Å². The Labute approximate surface area is 94.7 Å². The van der Waals surface area contributed by atoms with Gasteiger partial charge in [0, 0.05) is 17.8 Å². The number of furan rings is 1. The first kappa shape index (κ1) is 10.7. The molecule has 0 atom stereocenters. The van der Waals surface area contributed by atoms with Gasteiger partial charge in [0.25, 0.3) is 0 Å². The molecule has 0 aromatic carbocycles. The Morgan fingerprint density at radius 2 is 2.25 bits per heavy atom. The Hall–Kier alpha value is -1.84. The van der Waals surface area contributed by atoms with Crippen molar-refractivity contribution in [3.8, 4) is 11.3 Å². The third-order valence-electron chi connectivity index (χ3n) is 2.20. The lowest BCUT2D eigenvalue weighted by Gasteiger charge is -2.05. The Morgan fingerprint density at radius 3 is 2.94 bits per heavy atom. The molecule has 0 aliphatic heterocycles. The van der Waals surface area contributed by atoms with Crippen molar-refractivity contribution in [2.45, 2.75) is 20.3 Å². The predicted molar refractivity (Wildman–Crippen MR) is 63.3 cm³/mol. The second-order valence-corrected chi connectivity index (χ2v) is 3.66. The van der Waals surface area contributed by atoms with Crippen LogP contribution in [0.3, 0.4) is 0 Å². The number of hydrogen-bond donors (Lipinski definition) is 1. The molecule has 4 nitrogen and oxygen atoms in total. The minimum Gasteiger partial charge on any atom is -0.472 e. The van der Waals surface area contributed by atoms with Crippen LogP contribution in [0.2, 0.25) is 0 Å². The lowest BCUT2D eigenvalue weighted by Crippen LogP contribution is -2.05. The second-order valence-electron chi connectivity index (χ2n) is 3.66. The summed E-state index contributed by atoms with van der Waals surface area (Å²) in [5.41, 5.74) is 2.81. The van der Waals surface area contributed by atoms with Crippen LogP contribution in [0.25, 0.3) is 11.3 Å². The van der Waals surface area contributed by atoms with Gasteiger partial charge < -0.3 is 9.73 Å². The number of nitrogens with zero attached hydrogens (tertiary/aromatic N) is 2. The zero-order valence-corrected chi connectivity index (χ0v) is 9.53. The monoisotopic (exact) mass is 217 g/mol. The summed E-state index contributed by atoms with van der Waals surface area (Å²) in [5, 5.41) is 3.18. The van der Waals surface area contributed by atoms with E-state index in [2.05, 4.69) is 22.2 Å². The van der Waals surface area contributed by atoms with Crippen molar-refractivity contribution in [2.75, 3.05) is 11.9 Å². The van der Waals surface area contributed by atoms with Gasteiger partial charge in [-0.15, -0.1) is 0 Å². The van der Waals surface area contributed by atoms with Crippen LogP contribution in [0.15, 0.2) is 29.1 Å². The molecule has 0 amide bonds. The second kappa shape index (κ2) is 4.79. The summed E-state index contributed by atoms with van der Waals surface area (Å²) >= 11 is 0. The van der Waals surface area contributed by atoms with E-state index >= 15 is 0 Å². The van der Waals surface area contributed by atoms with E-state index < -0.39 is 0 Å². The van der Waals surface area contributed by atoms with E-state index in [-0.39, 0.29) is 0 Å². The fourth-order valence-electron chi connectivity index (χ4n) is 1.44. The molecule has 2 aromatic rings. The van der Waals surface area contributed by atoms with Gasteiger partial charge >= 0.3 is 0 Å². The van der Waals surface area contributed by atoms with Gasteiger partial charge in [0.1, 0.15) is 0 Å². The van der Waals surface area contributed by atoms with Crippen molar-refractivity contribution >= 4 is 5.95 Å². The van der Waals surface area contributed by atoms with Gasteiger partial charge in [0.05, 0.1) is 18.2 Å². The van der Waals surface area contributed by atoms with E-state index in [1.165, 1.54) is 0 Å². The van der Waals surface area contributed by atoms with Crippen LogP contribution >= 0.6 is 0 Å². The van der Waals surface area contributed by atoms with E-state index in [0.29, 0.717) is 5.95 Å². The van der Waals surface area contributed by atoms with E-state index in [4.69, 9.17) is 4.42 Å². The number of nitrogens with one attached hydrogen (secondary N) is 1. The molecule has 2 rings (SSSR count). The molecule has 0 saturated heterocycles. The molecule has 0 fully saturated rings. The fraction of sp³-hybridized carbons (Fsp3) is 0.333. The van der Waals surface area contributed by atoms with E-state index in [1.54, 1.807) is 12.5 Å². The SMILES string of the molecule is CCCNc1nc(C)cc(-c2ccoc2)n1. The van der Waals surface area contributed by atoms with Crippen molar-refractivity contribution in [3.63, 3.8) is 0 Å². The molecule has 2 heterocycles. The molecule has 0 unspecified atom stereocenters. The van der Waals surface area contributed by atoms with Gasteiger partial charge in [0.2, 0.25) is 5.95 Å². The molecule has 0 radical (unpaired) electrons. The topological polar surface area (TPSA) is 51.0 Å². The Morgan fingerprint density at radius 1 is 1.38 bits per heavy atom. The summed E-state index contributed by atoms with van der Waals surface area (Å²) in [4.78, 5) is 8.76. The highest BCUT2D eigenvalue weighted by Crippen LogP contribution is 2.19. The van der Waals surface area contributed by atoms with Gasteiger partial charge in [-0.2, -0.15) is 0 Å². The fourth-order valence-corrected chi connectivity index (χ4v) is 1.44. The minimum atomic E-state index is 0.679. The lowest BCUT2D eigenvalue weighted by atomic mass is 10.2. The van der Waals surface area contributed by atoms with Crippen molar-refractivity contribution in [3.05, 3.63) is 30.4 Å². The van der Waals surface area contributed by atoms with E-state index in [0.717, 1.165) is 29.9 Å². The van der Waals surface area contributed by atoms with Gasteiger partial charge in [-0.05, 0) is 25.5 Å². The number of hydrogen-bond acceptors (Lipinski definition) is 4. The lowest BCUT2D eigenvalue weighted by molar-refractivity contribution is 0.568. The summed E-state index contributed by atoms with van der Waals surface area (Å²) in [6.07, 6.45) is 4.38. The summed E-state index contributed by atoms with van der Waals surface area (Å²) < 4.78 is 5.05. The number of anilines is 1. The normalized spacial score (nSPS) is 10.4. The first-order chi connectivity index (χ1) is 7.79. The molecule has 0 aliphatic carbocycles. The molecule has 0 bridgehead atoms. The van der Waals surface area contributed by atoms with Gasteiger partial charge in [-0.25, -0.2) is 9.97 Å². The Balaban J connectivity index is 2.29. The molecule has 2 aromatic heterocycles. The predicted octanol–water partition coefficient (Wildman–Crippen LogP) is 2.87. The van der Waals surface area contributed by atoms with Gasteiger partial charge in [0.15, 0.2) is 0 Å². The van der Waals surface area contributed by atoms with Crippen LogP contribution in [0.1, 0.15) is 19.0 Å².